The number of benzene rings is 1. The summed E-state index contributed by atoms with van der Waals surface area (Å²) in [5, 5.41) is 62.0. The number of Topliss-reactive ketones (excluding diaryl/α,β-unsaturated/α-hetero) is 1. The summed E-state index contributed by atoms with van der Waals surface area (Å²) in [5.41, 5.74) is -4.27. The van der Waals surface area contributed by atoms with E-state index in [-0.39, 0.29) is 71.4 Å². The van der Waals surface area contributed by atoms with Crippen LogP contribution in [-0.4, -0.2) is 75.8 Å². The molecule has 3 saturated carbocycles. The number of carbonyl (C=O) groups is 3. The topological polar surface area (TPSA) is 254 Å². The van der Waals surface area contributed by atoms with Crippen molar-refractivity contribution in [3.8, 4) is 11.8 Å². The number of hydrazine groups is 1. The van der Waals surface area contributed by atoms with Crippen LogP contribution in [0.4, 0.5) is 17.1 Å². The Bertz CT molecular complexity index is 2160. The van der Waals surface area contributed by atoms with Crippen molar-refractivity contribution >= 4 is 34.6 Å². The van der Waals surface area contributed by atoms with E-state index in [2.05, 4.69) is 51.3 Å². The maximum absolute atomic E-state index is 14.9. The number of nitro groups is 2. The van der Waals surface area contributed by atoms with Crippen molar-refractivity contribution in [2.24, 2.45) is 55.5 Å². The number of anilines is 1. The molecule has 18 heteroatoms. The SMILES string of the molecule is CN(CCO)/[N+]([O-])=N/Oc1cc(NCCOC(=O)[C@]23CCC(C)(C)C[C@H]2[C@H]2C(=O)C=C4[C@@]5(C)C=C(C#N)C(=O)C(C)(C)[C@@H]5CC[C@@]4(C)[C@]2(C)CC3)c([N+](=O)[O-])cc1[N+](=O)[O-]. The van der Waals surface area contributed by atoms with Crippen LogP contribution in [0.15, 0.2) is 40.7 Å². The third-order valence-corrected chi connectivity index (χ3v) is 15.3. The van der Waals surface area contributed by atoms with Crippen molar-refractivity contribution < 1.29 is 43.9 Å². The third-order valence-electron chi connectivity index (χ3n) is 15.3. The Balaban J connectivity index is 1.27. The van der Waals surface area contributed by atoms with E-state index < -0.39 is 65.9 Å². The summed E-state index contributed by atoms with van der Waals surface area (Å²) in [7, 11) is 1.29. The van der Waals surface area contributed by atoms with Gasteiger partial charge in [-0.25, -0.2) is 0 Å². The summed E-state index contributed by atoms with van der Waals surface area (Å²) in [6.45, 7) is 13.7. The van der Waals surface area contributed by atoms with Crippen LogP contribution in [-0.2, 0) is 19.1 Å². The zero-order chi connectivity index (χ0) is 44.4. The molecule has 2 N–H and O–H groups in total. The van der Waals surface area contributed by atoms with Crippen molar-refractivity contribution in [3.05, 3.63) is 60.9 Å². The van der Waals surface area contributed by atoms with E-state index in [0.717, 1.165) is 35.9 Å². The number of likely N-dealkylation sites (N-methyl/N-ethyl adjacent to an activating group) is 1. The number of carbonyl (C=O) groups excluding carboxylic acids is 3. The molecule has 6 rings (SSSR count). The van der Waals surface area contributed by atoms with Gasteiger partial charge in [-0.2, -0.15) is 5.26 Å². The number of esters is 1. The van der Waals surface area contributed by atoms with E-state index >= 15 is 0 Å². The highest BCUT2D eigenvalue weighted by atomic mass is 16.7. The molecular formula is C42H55N7O11. The maximum atomic E-state index is 14.9. The van der Waals surface area contributed by atoms with Crippen LogP contribution in [0.1, 0.15) is 93.4 Å². The third kappa shape index (κ3) is 6.88. The Morgan fingerprint density at radius 1 is 1.02 bits per heavy atom. The molecule has 1 aromatic carbocycles. The number of nitrogens with zero attached hydrogens (tertiary/aromatic N) is 6. The fraction of sp³-hybridized carbons (Fsp3) is 0.667. The van der Waals surface area contributed by atoms with E-state index in [1.54, 1.807) is 6.08 Å². The molecule has 5 aliphatic carbocycles. The fourth-order valence-electron chi connectivity index (χ4n) is 11.9. The predicted molar refractivity (Wildman–Crippen MR) is 214 cm³/mol. The molecule has 60 heavy (non-hydrogen) atoms. The number of ketones is 2. The molecule has 0 aliphatic heterocycles. The van der Waals surface area contributed by atoms with Gasteiger partial charge in [0.15, 0.2) is 11.6 Å². The number of nitro benzene ring substituents is 2. The molecule has 0 aromatic heterocycles. The number of ether oxygens (including phenoxy) is 1. The van der Waals surface area contributed by atoms with Gasteiger partial charge in [-0.15, -0.1) is 5.01 Å². The van der Waals surface area contributed by atoms with Gasteiger partial charge in [0, 0.05) is 29.4 Å². The average Bonchev–Trinajstić information content (AvgIpc) is 3.17. The van der Waals surface area contributed by atoms with Crippen molar-refractivity contribution in [1.82, 2.24) is 5.01 Å². The fourth-order valence-corrected chi connectivity index (χ4v) is 11.9. The maximum Gasteiger partial charge on any atom is 0.321 e. The van der Waals surface area contributed by atoms with Gasteiger partial charge in [0.25, 0.3) is 5.69 Å². The molecule has 0 unspecified atom stereocenters. The van der Waals surface area contributed by atoms with E-state index in [9.17, 15) is 45.1 Å². The summed E-state index contributed by atoms with van der Waals surface area (Å²) in [6, 6.07) is 3.76. The van der Waals surface area contributed by atoms with Crippen molar-refractivity contribution in [2.75, 3.05) is 38.7 Å². The standard InChI is InChI=1S/C42H55N7O11/c1-37(2)11-13-42(36(53)59-18-15-44-27-19-31(60-45-49(58)46(8)16-17-50)29(48(56)57)20-28(27)47(54)55)14-12-41(7)34(26(42)23-37)30(51)21-33-39(5)22-25(24-43)35(52)38(3,4)32(39)9-10-40(33,41)6/h19-22,26,32,34,44,50H,9-18,23H2,1-8H3/b49-45-/t26-,32-,34-,39-,40+,41+,42-/m0/s1. The number of aliphatic hydroxyl groups is 1. The Kier molecular flexibility index (Phi) is 11.2. The minimum atomic E-state index is -0.972. The molecule has 324 valence electrons. The highest BCUT2D eigenvalue weighted by Crippen LogP contribution is 2.74. The molecule has 3 fully saturated rings. The lowest BCUT2D eigenvalue weighted by atomic mass is 9.34. The Labute approximate surface area is 348 Å². The first-order valence-electron chi connectivity index (χ1n) is 20.4. The number of allylic oxidation sites excluding steroid dienone is 4. The highest BCUT2D eigenvalue weighted by Gasteiger charge is 2.71. The van der Waals surface area contributed by atoms with Gasteiger partial charge < -0.3 is 20.4 Å². The van der Waals surface area contributed by atoms with Gasteiger partial charge in [0.1, 0.15) is 24.4 Å². The van der Waals surface area contributed by atoms with Crippen LogP contribution in [0.5, 0.6) is 5.75 Å². The molecule has 0 radical (unpaired) electrons. The zero-order valence-corrected chi connectivity index (χ0v) is 35.5. The molecule has 0 bridgehead atoms. The van der Waals surface area contributed by atoms with Gasteiger partial charge in [0.2, 0.25) is 11.0 Å². The molecule has 1 aromatic rings. The number of aliphatic hydroxyl groups excluding tert-OH is 1. The van der Waals surface area contributed by atoms with Crippen LogP contribution in [0.2, 0.25) is 0 Å². The minimum Gasteiger partial charge on any atom is -0.569 e. The molecule has 0 heterocycles. The molecule has 0 amide bonds. The average molecular weight is 834 g/mol. The van der Waals surface area contributed by atoms with Crippen LogP contribution >= 0.6 is 0 Å². The molecular weight excluding hydrogens is 778 g/mol. The largest absolute Gasteiger partial charge is 0.569 e. The lowest BCUT2D eigenvalue weighted by molar-refractivity contribution is -0.701. The second kappa shape index (κ2) is 15.2. The number of nitriles is 1. The van der Waals surface area contributed by atoms with Crippen LogP contribution in [0.3, 0.4) is 0 Å². The lowest BCUT2D eigenvalue weighted by Crippen LogP contribution is -2.66. The van der Waals surface area contributed by atoms with E-state index in [1.807, 2.05) is 19.9 Å². The quantitative estimate of drug-likeness (QED) is 0.0550. The second-order valence-corrected chi connectivity index (χ2v) is 19.4. The zero-order valence-electron chi connectivity index (χ0n) is 35.5. The molecule has 5 aliphatic rings. The Morgan fingerprint density at radius 2 is 1.68 bits per heavy atom. The Morgan fingerprint density at radius 3 is 2.32 bits per heavy atom. The van der Waals surface area contributed by atoms with Gasteiger partial charge in [-0.05, 0) is 79.1 Å². The first-order valence-corrected chi connectivity index (χ1v) is 20.4. The highest BCUT2D eigenvalue weighted by molar-refractivity contribution is 6.04. The molecule has 18 nitrogen and oxygen atoms in total. The number of hydrogen-bond acceptors (Lipinski definition) is 14. The van der Waals surface area contributed by atoms with Gasteiger partial charge in [-0.1, -0.05) is 60.1 Å². The number of hydrogen-bond donors (Lipinski definition) is 2. The molecule has 7 atom stereocenters. The summed E-state index contributed by atoms with van der Waals surface area (Å²) in [4.78, 5) is 69.8. The van der Waals surface area contributed by atoms with Gasteiger partial charge in [0.05, 0.1) is 46.0 Å². The number of nitrogens with one attached hydrogen (secondary N) is 1. The first-order chi connectivity index (χ1) is 27.9. The van der Waals surface area contributed by atoms with Gasteiger partial charge in [-0.3, -0.25) is 39.4 Å². The van der Waals surface area contributed by atoms with E-state index in [1.165, 1.54) is 7.05 Å². The Hall–Kier alpha value is -5.44. The van der Waals surface area contributed by atoms with E-state index in [4.69, 9.17) is 14.7 Å². The van der Waals surface area contributed by atoms with Crippen LogP contribution in [0, 0.1) is 87.0 Å². The smallest absolute Gasteiger partial charge is 0.321 e. The summed E-state index contributed by atoms with van der Waals surface area (Å²) < 4.78 is 5.98. The number of rotatable bonds is 12. The lowest BCUT2D eigenvalue weighted by Gasteiger charge is -2.68. The van der Waals surface area contributed by atoms with Crippen molar-refractivity contribution in [1.29, 1.82) is 5.26 Å². The monoisotopic (exact) mass is 833 g/mol. The van der Waals surface area contributed by atoms with Crippen molar-refractivity contribution in [3.63, 3.8) is 0 Å². The van der Waals surface area contributed by atoms with E-state index in [0.29, 0.717) is 31.7 Å². The number of fused-ring (bicyclic) bond motifs is 7. The minimum absolute atomic E-state index is 0.0504. The summed E-state index contributed by atoms with van der Waals surface area (Å²) in [6.07, 6.45) is 7.98. The van der Waals surface area contributed by atoms with Gasteiger partial charge >= 0.3 is 11.7 Å². The molecule has 0 spiro atoms. The molecule has 0 saturated heterocycles. The first kappa shape index (κ1) is 44.1. The van der Waals surface area contributed by atoms with Crippen molar-refractivity contribution in [2.45, 2.75) is 93.4 Å². The predicted octanol–water partition coefficient (Wildman–Crippen LogP) is 6.77. The van der Waals surface area contributed by atoms with Crippen LogP contribution < -0.4 is 10.2 Å². The second-order valence-electron chi connectivity index (χ2n) is 19.4. The normalized spacial score (nSPS) is 32.7. The summed E-state index contributed by atoms with van der Waals surface area (Å²) >= 11 is 0. The van der Waals surface area contributed by atoms with Crippen LogP contribution in [0.25, 0.3) is 0 Å². The summed E-state index contributed by atoms with van der Waals surface area (Å²) in [5.74, 6) is -2.20.